The fourth-order valence-corrected chi connectivity index (χ4v) is 4.08. The van der Waals surface area contributed by atoms with E-state index in [1.807, 2.05) is 12.2 Å². The highest BCUT2D eigenvalue weighted by Crippen LogP contribution is 2.29. The van der Waals surface area contributed by atoms with Gasteiger partial charge in [-0.05, 0) is 38.6 Å². The predicted octanol–water partition coefficient (Wildman–Crippen LogP) is 1.40. The molecular formula is C16H24N2O3. The van der Waals surface area contributed by atoms with Crippen LogP contribution in [0.4, 0.5) is 0 Å². The molecule has 2 fully saturated rings. The first-order valence-corrected chi connectivity index (χ1v) is 8.09. The molecule has 4 unspecified atom stereocenters. The van der Waals surface area contributed by atoms with Gasteiger partial charge >= 0.3 is 5.97 Å². The first-order chi connectivity index (χ1) is 10.2. The van der Waals surface area contributed by atoms with E-state index in [4.69, 9.17) is 0 Å². The van der Waals surface area contributed by atoms with Crippen LogP contribution in [0.25, 0.3) is 0 Å². The quantitative estimate of drug-likeness (QED) is 0.771. The highest BCUT2D eigenvalue weighted by Gasteiger charge is 2.39. The van der Waals surface area contributed by atoms with Crippen LogP contribution in [0.3, 0.4) is 0 Å². The molecule has 2 heterocycles. The number of amides is 1. The van der Waals surface area contributed by atoms with E-state index in [0.717, 1.165) is 25.9 Å². The molecule has 2 saturated heterocycles. The predicted molar refractivity (Wildman–Crippen MR) is 78.7 cm³/mol. The van der Waals surface area contributed by atoms with Crippen LogP contribution in [-0.2, 0) is 9.59 Å². The Morgan fingerprint density at radius 1 is 1.05 bits per heavy atom. The zero-order valence-corrected chi connectivity index (χ0v) is 12.3. The molecule has 3 aliphatic rings. The van der Waals surface area contributed by atoms with Crippen molar-refractivity contribution in [3.63, 3.8) is 0 Å². The van der Waals surface area contributed by atoms with Gasteiger partial charge in [0.1, 0.15) is 0 Å². The first-order valence-electron chi connectivity index (χ1n) is 8.09. The number of rotatable bonds is 3. The number of nitrogens with one attached hydrogen (secondary N) is 1. The van der Waals surface area contributed by atoms with Crippen LogP contribution in [0.5, 0.6) is 0 Å². The number of piperidine rings is 1. The Balaban J connectivity index is 1.63. The lowest BCUT2D eigenvalue weighted by Gasteiger charge is -2.33. The maximum absolute atomic E-state index is 12.5. The van der Waals surface area contributed by atoms with Crippen LogP contribution < -0.4 is 5.32 Å². The van der Waals surface area contributed by atoms with Crippen molar-refractivity contribution in [2.75, 3.05) is 13.1 Å². The first kappa shape index (κ1) is 14.6. The summed E-state index contributed by atoms with van der Waals surface area (Å²) >= 11 is 0. The van der Waals surface area contributed by atoms with E-state index in [9.17, 15) is 14.7 Å². The maximum Gasteiger partial charge on any atom is 0.307 e. The third kappa shape index (κ3) is 2.98. The molecule has 2 aliphatic heterocycles. The van der Waals surface area contributed by atoms with Crippen LogP contribution in [0.15, 0.2) is 12.2 Å². The molecule has 0 bridgehead atoms. The van der Waals surface area contributed by atoms with Crippen LogP contribution in [0.1, 0.15) is 38.5 Å². The van der Waals surface area contributed by atoms with Crippen molar-refractivity contribution in [2.45, 2.75) is 50.6 Å². The van der Waals surface area contributed by atoms with Gasteiger partial charge < -0.3 is 10.4 Å². The number of carbonyl (C=O) groups is 2. The fraction of sp³-hybridized carbons (Fsp3) is 0.750. The molecule has 5 nitrogen and oxygen atoms in total. The molecule has 0 saturated carbocycles. The molecule has 4 atom stereocenters. The molecular weight excluding hydrogens is 268 g/mol. The van der Waals surface area contributed by atoms with Crippen molar-refractivity contribution < 1.29 is 14.7 Å². The Hall–Kier alpha value is -1.36. The molecule has 3 rings (SSSR count). The van der Waals surface area contributed by atoms with E-state index >= 15 is 0 Å². The van der Waals surface area contributed by atoms with Crippen molar-refractivity contribution in [1.29, 1.82) is 0 Å². The lowest BCUT2D eigenvalue weighted by molar-refractivity contribution is -0.147. The largest absolute Gasteiger partial charge is 0.481 e. The average molecular weight is 292 g/mol. The Bertz CT molecular complexity index is 449. The topological polar surface area (TPSA) is 69.6 Å². The number of hydrogen-bond donors (Lipinski definition) is 2. The second-order valence-electron chi connectivity index (χ2n) is 6.50. The smallest absolute Gasteiger partial charge is 0.307 e. The number of hydrogen-bond acceptors (Lipinski definition) is 3. The van der Waals surface area contributed by atoms with Gasteiger partial charge in [0.15, 0.2) is 0 Å². The van der Waals surface area contributed by atoms with Crippen molar-refractivity contribution in [1.82, 2.24) is 10.2 Å². The van der Waals surface area contributed by atoms with Gasteiger partial charge in [0.25, 0.3) is 0 Å². The third-order valence-corrected chi connectivity index (χ3v) is 5.27. The van der Waals surface area contributed by atoms with E-state index in [1.165, 1.54) is 12.8 Å². The number of allylic oxidation sites excluding steroid dienone is 2. The van der Waals surface area contributed by atoms with Crippen LogP contribution in [0, 0.1) is 11.8 Å². The van der Waals surface area contributed by atoms with Gasteiger partial charge in [-0.15, -0.1) is 0 Å². The number of nitrogens with zero attached hydrogens (tertiary/aromatic N) is 1. The Morgan fingerprint density at radius 3 is 2.57 bits per heavy atom. The van der Waals surface area contributed by atoms with E-state index in [1.54, 1.807) is 0 Å². The number of fused-ring (bicyclic) bond motifs is 1. The summed E-state index contributed by atoms with van der Waals surface area (Å²) in [5.74, 6) is -1.90. The molecule has 0 aromatic carbocycles. The van der Waals surface area contributed by atoms with Gasteiger partial charge in [-0.3, -0.25) is 14.5 Å². The summed E-state index contributed by atoms with van der Waals surface area (Å²) in [6, 6.07) is 0.670. The summed E-state index contributed by atoms with van der Waals surface area (Å²) in [4.78, 5) is 26.3. The van der Waals surface area contributed by atoms with Crippen molar-refractivity contribution in [2.24, 2.45) is 11.8 Å². The molecule has 0 aromatic rings. The molecule has 0 aromatic heterocycles. The third-order valence-electron chi connectivity index (χ3n) is 5.27. The van der Waals surface area contributed by atoms with Crippen molar-refractivity contribution in [3.8, 4) is 0 Å². The maximum atomic E-state index is 12.5. The van der Waals surface area contributed by atoms with Gasteiger partial charge in [-0.1, -0.05) is 18.6 Å². The minimum Gasteiger partial charge on any atom is -0.481 e. The lowest BCUT2D eigenvalue weighted by Crippen LogP contribution is -2.49. The fourth-order valence-electron chi connectivity index (χ4n) is 4.08. The van der Waals surface area contributed by atoms with Crippen molar-refractivity contribution in [3.05, 3.63) is 12.2 Å². The van der Waals surface area contributed by atoms with Gasteiger partial charge in [0.2, 0.25) is 5.91 Å². The number of carboxylic acid groups (broad SMARTS) is 1. The van der Waals surface area contributed by atoms with Crippen LogP contribution >= 0.6 is 0 Å². The van der Waals surface area contributed by atoms with Gasteiger partial charge in [-0.25, -0.2) is 0 Å². The Morgan fingerprint density at radius 2 is 1.81 bits per heavy atom. The number of carboxylic acids is 1. The summed E-state index contributed by atoms with van der Waals surface area (Å²) in [6.07, 6.45) is 9.46. The number of carbonyl (C=O) groups excluding carboxylic acids is 1. The minimum atomic E-state index is -0.856. The summed E-state index contributed by atoms with van der Waals surface area (Å²) in [5, 5.41) is 12.4. The zero-order valence-electron chi connectivity index (χ0n) is 12.3. The summed E-state index contributed by atoms with van der Waals surface area (Å²) in [5.41, 5.74) is 0. The Kier molecular flexibility index (Phi) is 4.29. The molecule has 0 spiro atoms. The standard InChI is InChI=1S/C16H24N2O3/c19-15(11-5-1-2-6-12(11)16(20)21)17-13-8-10-18-9-4-3-7-14(13)18/h1-2,11-14H,3-10H2,(H,17,19)(H,20,21). The number of aliphatic carboxylic acids is 1. The normalized spacial score (nSPS) is 36.2. The summed E-state index contributed by atoms with van der Waals surface area (Å²) in [7, 11) is 0. The molecule has 21 heavy (non-hydrogen) atoms. The second kappa shape index (κ2) is 6.18. The van der Waals surface area contributed by atoms with E-state index in [-0.39, 0.29) is 11.9 Å². The summed E-state index contributed by atoms with van der Waals surface area (Å²) in [6.45, 7) is 2.20. The van der Waals surface area contributed by atoms with E-state index in [0.29, 0.717) is 18.9 Å². The highest BCUT2D eigenvalue weighted by atomic mass is 16.4. The van der Waals surface area contributed by atoms with Gasteiger partial charge in [-0.2, -0.15) is 0 Å². The lowest BCUT2D eigenvalue weighted by atomic mass is 9.82. The SMILES string of the molecule is O=C(O)C1CC=CCC1C(=O)NC1CCN2CCCCC12. The molecule has 1 aliphatic carbocycles. The second-order valence-corrected chi connectivity index (χ2v) is 6.50. The van der Waals surface area contributed by atoms with Crippen LogP contribution in [-0.4, -0.2) is 47.1 Å². The van der Waals surface area contributed by atoms with Gasteiger partial charge in [0, 0.05) is 18.6 Å². The van der Waals surface area contributed by atoms with Gasteiger partial charge in [0.05, 0.1) is 11.8 Å². The Labute approximate surface area is 125 Å². The van der Waals surface area contributed by atoms with E-state index < -0.39 is 17.8 Å². The summed E-state index contributed by atoms with van der Waals surface area (Å²) < 4.78 is 0. The highest BCUT2D eigenvalue weighted by molar-refractivity contribution is 5.85. The monoisotopic (exact) mass is 292 g/mol. The molecule has 116 valence electrons. The molecule has 2 N–H and O–H groups in total. The molecule has 5 heteroatoms. The van der Waals surface area contributed by atoms with E-state index in [2.05, 4.69) is 10.2 Å². The van der Waals surface area contributed by atoms with Crippen LogP contribution in [0.2, 0.25) is 0 Å². The molecule has 0 radical (unpaired) electrons. The minimum absolute atomic E-state index is 0.0656. The average Bonchev–Trinajstić information content (AvgIpc) is 2.90. The van der Waals surface area contributed by atoms with Crippen molar-refractivity contribution >= 4 is 11.9 Å². The zero-order chi connectivity index (χ0) is 14.8. The molecule has 1 amide bonds.